The van der Waals surface area contributed by atoms with Crippen LogP contribution in [0.3, 0.4) is 0 Å². The van der Waals surface area contributed by atoms with E-state index in [0.29, 0.717) is 12.0 Å². The number of aromatic nitrogens is 2. The summed E-state index contributed by atoms with van der Waals surface area (Å²) in [5, 5.41) is 8.78. The average Bonchev–Trinajstić information content (AvgIpc) is 2.67. The molecule has 1 saturated heterocycles. The number of aromatic amines is 2. The van der Waals surface area contributed by atoms with Gasteiger partial charge in [0.2, 0.25) is 0 Å². The van der Waals surface area contributed by atoms with E-state index in [-0.39, 0.29) is 18.8 Å². The van der Waals surface area contributed by atoms with Crippen LogP contribution in [0.15, 0.2) is 15.8 Å². The highest BCUT2D eigenvalue weighted by Crippen LogP contribution is 2.31. The predicted molar refractivity (Wildman–Crippen MR) is 56.2 cm³/mol. The van der Waals surface area contributed by atoms with E-state index < -0.39 is 11.2 Å². The predicted octanol–water partition coefficient (Wildman–Crippen LogP) is -0.334. The molecule has 0 aromatic carbocycles. The van der Waals surface area contributed by atoms with Crippen LogP contribution in [0.25, 0.3) is 0 Å². The van der Waals surface area contributed by atoms with Crippen LogP contribution in [0.4, 0.5) is 0 Å². The Bertz CT molecular complexity index is 464. The van der Waals surface area contributed by atoms with E-state index in [9.17, 15) is 9.59 Å². The second-order valence-corrected chi connectivity index (χ2v) is 3.86. The fourth-order valence-corrected chi connectivity index (χ4v) is 1.95. The second-order valence-electron chi connectivity index (χ2n) is 3.86. The lowest BCUT2D eigenvalue weighted by Gasteiger charge is -2.11. The summed E-state index contributed by atoms with van der Waals surface area (Å²) in [6.07, 6.45) is 3.26. The van der Waals surface area contributed by atoms with Crippen molar-refractivity contribution in [2.45, 2.75) is 31.5 Å². The van der Waals surface area contributed by atoms with Crippen molar-refractivity contribution >= 4 is 0 Å². The molecule has 0 saturated carbocycles. The highest BCUT2D eigenvalue weighted by molar-refractivity contribution is 5.09. The van der Waals surface area contributed by atoms with Crippen LogP contribution in [0, 0.1) is 0 Å². The molecule has 0 aliphatic carbocycles. The lowest BCUT2D eigenvalue weighted by molar-refractivity contribution is 0.0296. The third kappa shape index (κ3) is 2.23. The Hall–Kier alpha value is -1.40. The fraction of sp³-hybridized carbons (Fsp3) is 0.600. The number of hydrogen-bond acceptors (Lipinski definition) is 4. The first-order valence-electron chi connectivity index (χ1n) is 5.29. The molecular weight excluding hydrogens is 212 g/mol. The zero-order chi connectivity index (χ0) is 11.5. The molecule has 0 bridgehead atoms. The van der Waals surface area contributed by atoms with Crippen molar-refractivity contribution < 1.29 is 9.84 Å². The smallest absolute Gasteiger partial charge is 0.325 e. The number of rotatable bonds is 3. The number of aliphatic hydroxyl groups is 1. The van der Waals surface area contributed by atoms with Gasteiger partial charge >= 0.3 is 5.69 Å². The van der Waals surface area contributed by atoms with Gasteiger partial charge in [0, 0.05) is 12.8 Å². The summed E-state index contributed by atoms with van der Waals surface area (Å²) in [5.41, 5.74) is -0.475. The SMILES string of the molecule is O=c1[nH]cc(C2CCC(CCO)O2)c(=O)[nH]1. The van der Waals surface area contributed by atoms with Crippen LogP contribution in [-0.2, 0) is 4.74 Å². The van der Waals surface area contributed by atoms with E-state index in [1.807, 2.05) is 0 Å². The molecule has 0 spiro atoms. The van der Waals surface area contributed by atoms with Crippen molar-refractivity contribution in [2.24, 2.45) is 0 Å². The maximum Gasteiger partial charge on any atom is 0.325 e. The van der Waals surface area contributed by atoms with E-state index >= 15 is 0 Å². The third-order valence-corrected chi connectivity index (χ3v) is 2.75. The van der Waals surface area contributed by atoms with E-state index in [4.69, 9.17) is 9.84 Å². The molecule has 88 valence electrons. The number of ether oxygens (including phenoxy) is 1. The zero-order valence-electron chi connectivity index (χ0n) is 8.73. The molecule has 3 N–H and O–H groups in total. The fourth-order valence-electron chi connectivity index (χ4n) is 1.95. The molecule has 1 fully saturated rings. The number of H-pyrrole nitrogens is 2. The molecule has 0 amide bonds. The molecule has 2 unspecified atom stereocenters. The molecule has 2 atom stereocenters. The van der Waals surface area contributed by atoms with E-state index in [1.54, 1.807) is 0 Å². The van der Waals surface area contributed by atoms with Gasteiger partial charge in [0.05, 0.1) is 17.8 Å². The standard InChI is InChI=1S/C10H14N2O4/c13-4-3-6-1-2-8(16-6)7-5-11-10(15)12-9(7)14/h5-6,8,13H,1-4H2,(H2,11,12,14,15). The van der Waals surface area contributed by atoms with Gasteiger partial charge in [-0.25, -0.2) is 4.79 Å². The van der Waals surface area contributed by atoms with Crippen molar-refractivity contribution in [3.05, 3.63) is 32.6 Å². The molecule has 1 aliphatic heterocycles. The van der Waals surface area contributed by atoms with Gasteiger partial charge in [-0.2, -0.15) is 0 Å². The van der Waals surface area contributed by atoms with Crippen LogP contribution in [0.5, 0.6) is 0 Å². The highest BCUT2D eigenvalue weighted by Gasteiger charge is 2.27. The first-order valence-corrected chi connectivity index (χ1v) is 5.29. The molecule has 2 rings (SSSR count). The van der Waals surface area contributed by atoms with Crippen LogP contribution in [-0.4, -0.2) is 27.8 Å². The van der Waals surface area contributed by atoms with E-state index in [2.05, 4.69) is 9.97 Å². The van der Waals surface area contributed by atoms with Gasteiger partial charge in [0.15, 0.2) is 0 Å². The minimum atomic E-state index is -0.515. The van der Waals surface area contributed by atoms with Crippen LogP contribution >= 0.6 is 0 Å². The Morgan fingerprint density at radius 3 is 2.94 bits per heavy atom. The van der Waals surface area contributed by atoms with Crippen molar-refractivity contribution in [3.63, 3.8) is 0 Å². The third-order valence-electron chi connectivity index (χ3n) is 2.75. The van der Waals surface area contributed by atoms with Gasteiger partial charge < -0.3 is 14.8 Å². The van der Waals surface area contributed by atoms with Crippen molar-refractivity contribution in [2.75, 3.05) is 6.61 Å². The topological polar surface area (TPSA) is 95.2 Å². The minimum Gasteiger partial charge on any atom is -0.396 e. The summed E-state index contributed by atoms with van der Waals surface area (Å²) in [4.78, 5) is 26.9. The largest absolute Gasteiger partial charge is 0.396 e. The summed E-state index contributed by atoms with van der Waals surface area (Å²) >= 11 is 0. The van der Waals surface area contributed by atoms with Gasteiger partial charge in [-0.1, -0.05) is 0 Å². The first-order chi connectivity index (χ1) is 7.70. The van der Waals surface area contributed by atoms with Crippen LogP contribution in [0.1, 0.15) is 30.9 Å². The van der Waals surface area contributed by atoms with E-state index in [1.165, 1.54) is 6.20 Å². The Morgan fingerprint density at radius 1 is 1.44 bits per heavy atom. The summed E-state index contributed by atoms with van der Waals surface area (Å²) in [6.45, 7) is 0.0827. The van der Waals surface area contributed by atoms with Crippen molar-refractivity contribution in [3.8, 4) is 0 Å². The molecule has 6 heteroatoms. The minimum absolute atomic E-state index is 0.00123. The number of nitrogens with one attached hydrogen (secondary N) is 2. The summed E-state index contributed by atoms with van der Waals surface area (Å²) < 4.78 is 5.61. The van der Waals surface area contributed by atoms with Crippen molar-refractivity contribution in [1.82, 2.24) is 9.97 Å². The molecule has 1 aliphatic rings. The maximum absolute atomic E-state index is 11.5. The quantitative estimate of drug-likeness (QED) is 0.657. The first kappa shape index (κ1) is 11.1. The number of aliphatic hydroxyl groups excluding tert-OH is 1. The monoisotopic (exact) mass is 226 g/mol. The summed E-state index contributed by atoms with van der Waals surface area (Å²) in [6, 6.07) is 0. The normalized spacial score (nSPS) is 24.8. The summed E-state index contributed by atoms with van der Waals surface area (Å²) in [5.74, 6) is 0. The number of hydrogen-bond donors (Lipinski definition) is 3. The second kappa shape index (κ2) is 4.63. The van der Waals surface area contributed by atoms with Gasteiger partial charge in [0.1, 0.15) is 0 Å². The van der Waals surface area contributed by atoms with Gasteiger partial charge in [-0.15, -0.1) is 0 Å². The molecular formula is C10H14N2O4. The summed E-state index contributed by atoms with van der Waals surface area (Å²) in [7, 11) is 0. The Kier molecular flexibility index (Phi) is 3.21. The Morgan fingerprint density at radius 2 is 2.25 bits per heavy atom. The van der Waals surface area contributed by atoms with Gasteiger partial charge in [-0.05, 0) is 19.3 Å². The van der Waals surface area contributed by atoms with Gasteiger partial charge in [0.25, 0.3) is 5.56 Å². The molecule has 0 radical (unpaired) electrons. The average molecular weight is 226 g/mol. The van der Waals surface area contributed by atoms with Gasteiger partial charge in [-0.3, -0.25) is 9.78 Å². The zero-order valence-corrected chi connectivity index (χ0v) is 8.73. The van der Waals surface area contributed by atoms with Crippen molar-refractivity contribution in [1.29, 1.82) is 0 Å². The van der Waals surface area contributed by atoms with Crippen LogP contribution < -0.4 is 11.2 Å². The molecule has 1 aromatic heterocycles. The van der Waals surface area contributed by atoms with E-state index in [0.717, 1.165) is 12.8 Å². The lowest BCUT2D eigenvalue weighted by Crippen LogP contribution is -2.26. The highest BCUT2D eigenvalue weighted by atomic mass is 16.5. The molecule has 1 aromatic rings. The molecule has 2 heterocycles. The molecule has 16 heavy (non-hydrogen) atoms. The maximum atomic E-state index is 11.5. The lowest BCUT2D eigenvalue weighted by atomic mass is 10.1. The Labute approximate surface area is 91.3 Å². The van der Waals surface area contributed by atoms with Crippen LogP contribution in [0.2, 0.25) is 0 Å². The Balaban J connectivity index is 2.14. The molecule has 6 nitrogen and oxygen atoms in total.